The van der Waals surface area contributed by atoms with Crippen molar-refractivity contribution in [3.63, 3.8) is 0 Å². The Kier molecular flexibility index (Phi) is 5.54. The van der Waals surface area contributed by atoms with Crippen molar-refractivity contribution in [3.05, 3.63) is 46.4 Å². The number of phenols is 1. The number of nitrogens with zero attached hydrogens (tertiary/aromatic N) is 5. The zero-order valence-electron chi connectivity index (χ0n) is 16.1. The van der Waals surface area contributed by atoms with E-state index in [1.54, 1.807) is 16.7 Å². The highest BCUT2D eigenvalue weighted by Crippen LogP contribution is 2.34. The number of methoxy groups -OCH3 is 1. The van der Waals surface area contributed by atoms with E-state index >= 15 is 0 Å². The Morgan fingerprint density at radius 2 is 2.19 bits per heavy atom. The summed E-state index contributed by atoms with van der Waals surface area (Å²) in [7, 11) is 1.44. The number of carbonyl (C=O) groups is 1. The number of nitrogens with two attached hydrogens (primary N) is 1. The van der Waals surface area contributed by atoms with Gasteiger partial charge in [-0.05, 0) is 56.1 Å². The molecule has 11 nitrogen and oxygen atoms in total. The van der Waals surface area contributed by atoms with Gasteiger partial charge in [0.2, 0.25) is 0 Å². The summed E-state index contributed by atoms with van der Waals surface area (Å²) < 4.78 is 11.9. The van der Waals surface area contributed by atoms with Crippen LogP contribution < -0.4 is 15.9 Å². The molecule has 0 spiro atoms. The summed E-state index contributed by atoms with van der Waals surface area (Å²) in [5, 5.41) is 21.2. The molecule has 0 fully saturated rings. The molecule has 0 atom stereocenters. The first-order valence-corrected chi connectivity index (χ1v) is 9.69. The number of benzene rings is 2. The number of aromatic nitrogens is 4. The van der Waals surface area contributed by atoms with Gasteiger partial charge in [0.1, 0.15) is 6.54 Å². The van der Waals surface area contributed by atoms with Gasteiger partial charge in [-0.2, -0.15) is 5.10 Å². The predicted octanol–water partition coefficient (Wildman–Crippen LogP) is 2.30. The van der Waals surface area contributed by atoms with Gasteiger partial charge in [-0.15, -0.1) is 0 Å². The number of hydrogen-bond acceptors (Lipinski definition) is 9. The number of anilines is 1. The molecule has 158 valence electrons. The van der Waals surface area contributed by atoms with E-state index in [9.17, 15) is 9.90 Å². The number of para-hydroxylation sites is 2. The number of hydrazone groups is 1. The minimum absolute atomic E-state index is 0.0233. The van der Waals surface area contributed by atoms with E-state index in [0.29, 0.717) is 26.9 Å². The van der Waals surface area contributed by atoms with Gasteiger partial charge in [0.05, 0.1) is 28.8 Å². The zero-order chi connectivity index (χ0) is 22.0. The number of carbonyl (C=O) groups excluding carboxylic acids is 1. The third kappa shape index (κ3) is 4.05. The topological polar surface area (TPSA) is 154 Å². The lowest BCUT2D eigenvalue weighted by molar-refractivity contribution is -0.121. The van der Waals surface area contributed by atoms with Gasteiger partial charge >= 0.3 is 0 Å². The Bertz CT molecular complexity index is 1300. The molecule has 0 unspecified atom stereocenters. The molecule has 31 heavy (non-hydrogen) atoms. The molecule has 4 N–H and O–H groups in total. The minimum Gasteiger partial charge on any atom is -0.503 e. The average molecular weight is 486 g/mol. The van der Waals surface area contributed by atoms with E-state index in [1.165, 1.54) is 13.3 Å². The van der Waals surface area contributed by atoms with Crippen molar-refractivity contribution in [2.75, 3.05) is 12.8 Å². The first kappa shape index (κ1) is 20.3. The number of rotatable bonds is 6. The van der Waals surface area contributed by atoms with Crippen LogP contribution >= 0.6 is 15.9 Å². The average Bonchev–Trinajstić information content (AvgIpc) is 3.33. The van der Waals surface area contributed by atoms with Crippen molar-refractivity contribution in [2.24, 2.45) is 5.10 Å². The number of amides is 1. The molecule has 0 bridgehead atoms. The summed E-state index contributed by atoms with van der Waals surface area (Å²) >= 11 is 3.24. The monoisotopic (exact) mass is 485 g/mol. The van der Waals surface area contributed by atoms with Gasteiger partial charge in [-0.1, -0.05) is 12.1 Å². The number of aromatic hydroxyl groups is 1. The molecule has 0 aliphatic carbocycles. The molecular weight excluding hydrogens is 470 g/mol. The van der Waals surface area contributed by atoms with E-state index in [1.807, 2.05) is 24.3 Å². The van der Waals surface area contributed by atoms with Gasteiger partial charge in [-0.3, -0.25) is 4.79 Å². The van der Waals surface area contributed by atoms with Crippen LogP contribution in [0.3, 0.4) is 0 Å². The van der Waals surface area contributed by atoms with Crippen LogP contribution in [0.15, 0.2) is 50.6 Å². The van der Waals surface area contributed by atoms with Gasteiger partial charge < -0.3 is 20.1 Å². The molecule has 0 radical (unpaired) electrons. The van der Waals surface area contributed by atoms with Crippen LogP contribution in [0.2, 0.25) is 0 Å². The lowest BCUT2D eigenvalue weighted by atomic mass is 10.2. The third-order valence-corrected chi connectivity index (χ3v) is 4.96. The maximum Gasteiger partial charge on any atom is 0.260 e. The zero-order valence-corrected chi connectivity index (χ0v) is 17.7. The molecule has 0 saturated carbocycles. The van der Waals surface area contributed by atoms with Crippen molar-refractivity contribution in [1.29, 1.82) is 0 Å². The standard InChI is InChI=1S/C19H16BrN7O4/c1-30-14-7-10(6-11(20)17(14)29)8-22-24-15(28)9-27-13-5-3-2-4-12(13)23-19(27)16-18(21)26-31-25-16/h2-8,29H,9H2,1H3,(H2,21,26)(H,24,28)/b22-8-. The Morgan fingerprint density at radius 1 is 1.39 bits per heavy atom. The van der Waals surface area contributed by atoms with Gasteiger partial charge in [0.25, 0.3) is 5.91 Å². The number of nitrogen functional groups attached to an aromatic ring is 1. The maximum atomic E-state index is 12.6. The molecule has 0 aliphatic rings. The Balaban J connectivity index is 1.56. The van der Waals surface area contributed by atoms with E-state index in [2.05, 4.69) is 46.4 Å². The highest BCUT2D eigenvalue weighted by molar-refractivity contribution is 9.10. The molecule has 2 heterocycles. The van der Waals surface area contributed by atoms with Crippen LogP contribution in [-0.2, 0) is 11.3 Å². The molecule has 12 heteroatoms. The van der Waals surface area contributed by atoms with E-state index in [4.69, 9.17) is 10.5 Å². The second-order valence-corrected chi connectivity index (χ2v) is 7.21. The third-order valence-electron chi connectivity index (χ3n) is 4.36. The lowest BCUT2D eigenvalue weighted by Crippen LogP contribution is -2.23. The van der Waals surface area contributed by atoms with Crippen molar-refractivity contribution in [3.8, 4) is 23.0 Å². The van der Waals surface area contributed by atoms with Gasteiger partial charge in [0, 0.05) is 0 Å². The highest BCUT2D eigenvalue weighted by Gasteiger charge is 2.20. The Morgan fingerprint density at radius 3 is 2.94 bits per heavy atom. The van der Waals surface area contributed by atoms with Crippen molar-refractivity contribution >= 4 is 44.9 Å². The molecule has 4 aromatic rings. The summed E-state index contributed by atoms with van der Waals surface area (Å²) in [6.45, 7) is -0.0952. The second-order valence-electron chi connectivity index (χ2n) is 6.36. The molecule has 0 saturated heterocycles. The maximum absolute atomic E-state index is 12.6. The number of hydrogen-bond donors (Lipinski definition) is 3. The summed E-state index contributed by atoms with van der Waals surface area (Å²) in [6.07, 6.45) is 1.43. The lowest BCUT2D eigenvalue weighted by Gasteiger charge is -2.07. The van der Waals surface area contributed by atoms with E-state index < -0.39 is 5.91 Å². The molecule has 0 aliphatic heterocycles. The largest absolute Gasteiger partial charge is 0.503 e. The molecule has 2 aromatic carbocycles. The highest BCUT2D eigenvalue weighted by atomic mass is 79.9. The van der Waals surface area contributed by atoms with Gasteiger partial charge in [0.15, 0.2) is 28.8 Å². The fourth-order valence-electron chi connectivity index (χ4n) is 2.95. The fourth-order valence-corrected chi connectivity index (χ4v) is 3.41. The first-order valence-electron chi connectivity index (χ1n) is 8.90. The smallest absolute Gasteiger partial charge is 0.260 e. The summed E-state index contributed by atoms with van der Waals surface area (Å²) in [6, 6.07) is 10.5. The van der Waals surface area contributed by atoms with Crippen LogP contribution in [0.25, 0.3) is 22.6 Å². The predicted molar refractivity (Wildman–Crippen MR) is 116 cm³/mol. The van der Waals surface area contributed by atoms with Crippen molar-refractivity contribution in [2.45, 2.75) is 6.54 Å². The number of ether oxygens (including phenoxy) is 1. The van der Waals surface area contributed by atoms with Crippen LogP contribution in [0, 0.1) is 0 Å². The second kappa shape index (κ2) is 8.44. The fraction of sp³-hybridized carbons (Fsp3) is 0.105. The normalized spacial score (nSPS) is 11.3. The summed E-state index contributed by atoms with van der Waals surface area (Å²) in [4.78, 5) is 17.1. The molecule has 4 rings (SSSR count). The summed E-state index contributed by atoms with van der Waals surface area (Å²) in [5.74, 6) is 0.272. The number of nitrogens with one attached hydrogen (secondary N) is 1. The van der Waals surface area contributed by atoms with Crippen molar-refractivity contribution in [1.82, 2.24) is 25.3 Å². The molecule has 2 aromatic heterocycles. The van der Waals surface area contributed by atoms with Crippen LogP contribution in [0.4, 0.5) is 5.82 Å². The number of halogens is 1. The summed E-state index contributed by atoms with van der Waals surface area (Å²) in [5.41, 5.74) is 10.5. The molecule has 1 amide bonds. The van der Waals surface area contributed by atoms with Crippen molar-refractivity contribution < 1.29 is 19.3 Å². The Hall–Kier alpha value is -3.93. The number of fused-ring (bicyclic) bond motifs is 1. The van der Waals surface area contributed by atoms with Crippen LogP contribution in [0.1, 0.15) is 5.56 Å². The minimum atomic E-state index is -0.402. The quantitative estimate of drug-likeness (QED) is 0.277. The first-order chi connectivity index (χ1) is 15.0. The molecular formula is C19H16BrN7O4. The number of phenolic OH excluding ortho intramolecular Hbond substituents is 1. The van der Waals surface area contributed by atoms with E-state index in [0.717, 1.165) is 0 Å². The Labute approximate surface area is 183 Å². The van der Waals surface area contributed by atoms with Crippen LogP contribution in [-0.4, -0.2) is 44.2 Å². The van der Waals surface area contributed by atoms with E-state index in [-0.39, 0.29) is 29.6 Å². The van der Waals surface area contributed by atoms with Crippen LogP contribution in [0.5, 0.6) is 11.5 Å². The van der Waals surface area contributed by atoms with Gasteiger partial charge in [-0.25, -0.2) is 15.0 Å². The SMILES string of the molecule is COc1cc(/C=N\NC(=O)Cn2c(-c3nonc3N)nc3ccccc32)cc(Br)c1O. The number of imidazole rings is 1.